The number of hydrogen-bond donors (Lipinski definition) is 1. The van der Waals surface area contributed by atoms with Gasteiger partial charge in [-0.2, -0.15) is 0 Å². The van der Waals surface area contributed by atoms with E-state index < -0.39 is 6.04 Å². The van der Waals surface area contributed by atoms with Gasteiger partial charge in [-0.3, -0.25) is 9.59 Å². The number of likely N-dealkylation sites (N-methyl/N-ethyl adjacent to an activating group) is 1. The van der Waals surface area contributed by atoms with Crippen LogP contribution in [0.5, 0.6) is 5.75 Å². The Hall–Kier alpha value is -2.83. The molecular formula is C25H24BrClN2O3. The summed E-state index contributed by atoms with van der Waals surface area (Å²) in [5.74, 6) is 0.0119. The molecule has 0 radical (unpaired) electrons. The monoisotopic (exact) mass is 514 g/mol. The molecule has 0 aliphatic rings. The standard InChI is InChI=1S/C25H24BrClN2O3/c1-28-25(31)23(15-18-6-3-2-4-7-18)29(16-19-8-5-9-20(26)14-19)24(30)17-32-22-12-10-21(27)11-13-22/h2-14,23H,15-17H2,1H3,(H,28,31)/t23-/m0/s1. The first-order chi connectivity index (χ1) is 15.5. The molecule has 1 atom stereocenters. The van der Waals surface area contributed by atoms with Gasteiger partial charge in [-0.05, 0) is 47.5 Å². The summed E-state index contributed by atoms with van der Waals surface area (Å²) >= 11 is 9.39. The zero-order valence-electron chi connectivity index (χ0n) is 17.6. The van der Waals surface area contributed by atoms with Gasteiger partial charge in [-0.1, -0.05) is 70.0 Å². The highest BCUT2D eigenvalue weighted by atomic mass is 79.9. The molecule has 3 aromatic rings. The van der Waals surface area contributed by atoms with Crippen molar-refractivity contribution in [2.24, 2.45) is 0 Å². The van der Waals surface area contributed by atoms with E-state index >= 15 is 0 Å². The highest BCUT2D eigenvalue weighted by Gasteiger charge is 2.30. The largest absolute Gasteiger partial charge is 0.484 e. The first-order valence-corrected chi connectivity index (χ1v) is 11.3. The van der Waals surface area contributed by atoms with E-state index in [9.17, 15) is 9.59 Å². The molecule has 166 valence electrons. The molecule has 0 unspecified atom stereocenters. The molecule has 0 aromatic heterocycles. The lowest BCUT2D eigenvalue weighted by Gasteiger charge is -2.31. The topological polar surface area (TPSA) is 58.6 Å². The quantitative estimate of drug-likeness (QED) is 0.442. The SMILES string of the molecule is CNC(=O)[C@H](Cc1ccccc1)N(Cc1cccc(Br)c1)C(=O)COc1ccc(Cl)cc1. The number of nitrogens with zero attached hydrogens (tertiary/aromatic N) is 1. The summed E-state index contributed by atoms with van der Waals surface area (Å²) in [7, 11) is 1.58. The fourth-order valence-corrected chi connectivity index (χ4v) is 3.88. The molecule has 2 amide bonds. The highest BCUT2D eigenvalue weighted by Crippen LogP contribution is 2.19. The lowest BCUT2D eigenvalue weighted by Crippen LogP contribution is -2.51. The van der Waals surface area contributed by atoms with Crippen molar-refractivity contribution >= 4 is 39.3 Å². The van der Waals surface area contributed by atoms with Gasteiger partial charge in [-0.25, -0.2) is 0 Å². The van der Waals surface area contributed by atoms with E-state index in [1.165, 1.54) is 0 Å². The number of benzene rings is 3. The minimum atomic E-state index is -0.692. The molecule has 0 saturated heterocycles. The Morgan fingerprint density at radius 2 is 1.69 bits per heavy atom. The van der Waals surface area contributed by atoms with Crippen molar-refractivity contribution in [2.45, 2.75) is 19.0 Å². The molecule has 0 fully saturated rings. The van der Waals surface area contributed by atoms with Crippen molar-refractivity contribution in [3.63, 3.8) is 0 Å². The Morgan fingerprint density at radius 3 is 2.34 bits per heavy atom. The van der Waals surface area contributed by atoms with Crippen LogP contribution in [0.25, 0.3) is 0 Å². The van der Waals surface area contributed by atoms with Crippen LogP contribution in [0.1, 0.15) is 11.1 Å². The van der Waals surface area contributed by atoms with Crippen LogP contribution in [-0.4, -0.2) is 36.4 Å². The number of carbonyl (C=O) groups excluding carboxylic acids is 2. The maximum atomic E-state index is 13.3. The molecule has 32 heavy (non-hydrogen) atoms. The van der Waals surface area contributed by atoms with Gasteiger partial charge >= 0.3 is 0 Å². The van der Waals surface area contributed by atoms with E-state index in [1.807, 2.05) is 54.6 Å². The van der Waals surface area contributed by atoms with Crippen LogP contribution in [0.15, 0.2) is 83.3 Å². The van der Waals surface area contributed by atoms with Crippen molar-refractivity contribution in [2.75, 3.05) is 13.7 Å². The van der Waals surface area contributed by atoms with Gasteiger partial charge in [0.25, 0.3) is 5.91 Å². The summed E-state index contributed by atoms with van der Waals surface area (Å²) in [4.78, 5) is 27.7. The van der Waals surface area contributed by atoms with Crippen LogP contribution in [0.3, 0.4) is 0 Å². The van der Waals surface area contributed by atoms with Crippen LogP contribution in [0, 0.1) is 0 Å². The van der Waals surface area contributed by atoms with Gasteiger partial charge in [0.15, 0.2) is 6.61 Å². The molecule has 5 nitrogen and oxygen atoms in total. The van der Waals surface area contributed by atoms with Crippen LogP contribution in [0.4, 0.5) is 0 Å². The Morgan fingerprint density at radius 1 is 1.00 bits per heavy atom. The van der Waals surface area contributed by atoms with E-state index in [4.69, 9.17) is 16.3 Å². The molecule has 3 aromatic carbocycles. The van der Waals surface area contributed by atoms with Crippen LogP contribution < -0.4 is 10.1 Å². The minimum Gasteiger partial charge on any atom is -0.484 e. The number of nitrogens with one attached hydrogen (secondary N) is 1. The third-order valence-electron chi connectivity index (χ3n) is 4.94. The zero-order chi connectivity index (χ0) is 22.9. The van der Waals surface area contributed by atoms with Gasteiger partial charge in [0, 0.05) is 29.5 Å². The van der Waals surface area contributed by atoms with Crippen molar-refractivity contribution < 1.29 is 14.3 Å². The van der Waals surface area contributed by atoms with Crippen LogP contribution in [-0.2, 0) is 22.6 Å². The molecular weight excluding hydrogens is 492 g/mol. The average Bonchev–Trinajstić information content (AvgIpc) is 2.81. The van der Waals surface area contributed by atoms with E-state index in [0.717, 1.165) is 15.6 Å². The second kappa shape index (κ2) is 11.7. The predicted molar refractivity (Wildman–Crippen MR) is 130 cm³/mol. The summed E-state index contributed by atoms with van der Waals surface area (Å²) < 4.78 is 6.59. The second-order valence-corrected chi connectivity index (χ2v) is 8.57. The summed E-state index contributed by atoms with van der Waals surface area (Å²) in [6, 6.07) is 23.4. The molecule has 0 bridgehead atoms. The predicted octanol–water partition coefficient (Wildman–Crippen LogP) is 4.87. The highest BCUT2D eigenvalue weighted by molar-refractivity contribution is 9.10. The van der Waals surface area contributed by atoms with Crippen LogP contribution >= 0.6 is 27.5 Å². The van der Waals surface area contributed by atoms with Crippen LogP contribution in [0.2, 0.25) is 5.02 Å². The Kier molecular flexibility index (Phi) is 8.71. The number of amides is 2. The molecule has 7 heteroatoms. The Labute approximate surface area is 201 Å². The number of rotatable bonds is 9. The molecule has 1 N–H and O–H groups in total. The number of ether oxygens (including phenoxy) is 1. The number of hydrogen-bond acceptors (Lipinski definition) is 3. The lowest BCUT2D eigenvalue weighted by molar-refractivity contribution is -0.142. The molecule has 0 saturated carbocycles. The Balaban J connectivity index is 1.86. The molecule has 0 aliphatic carbocycles. The van der Waals surface area contributed by atoms with Crippen molar-refractivity contribution in [3.05, 3.63) is 99.5 Å². The van der Waals surface area contributed by atoms with E-state index in [0.29, 0.717) is 17.2 Å². The summed E-state index contributed by atoms with van der Waals surface area (Å²) in [5, 5.41) is 3.29. The summed E-state index contributed by atoms with van der Waals surface area (Å²) in [6.45, 7) is 0.0745. The fraction of sp³-hybridized carbons (Fsp3) is 0.200. The summed E-state index contributed by atoms with van der Waals surface area (Å²) in [5.41, 5.74) is 1.87. The minimum absolute atomic E-state index is 0.197. The number of halogens is 2. The van der Waals surface area contributed by atoms with Gasteiger partial charge in [0.1, 0.15) is 11.8 Å². The van der Waals surface area contributed by atoms with E-state index in [1.54, 1.807) is 36.2 Å². The number of carbonyl (C=O) groups is 2. The van der Waals surface area contributed by atoms with Crippen molar-refractivity contribution in [1.29, 1.82) is 0 Å². The zero-order valence-corrected chi connectivity index (χ0v) is 20.0. The molecule has 0 spiro atoms. The second-order valence-electron chi connectivity index (χ2n) is 7.21. The third kappa shape index (κ3) is 6.84. The first-order valence-electron chi connectivity index (χ1n) is 10.1. The summed E-state index contributed by atoms with van der Waals surface area (Å²) in [6.07, 6.45) is 0.390. The molecule has 0 heterocycles. The van der Waals surface area contributed by atoms with Gasteiger partial charge in [0.2, 0.25) is 5.91 Å². The Bertz CT molecular complexity index is 1040. The lowest BCUT2D eigenvalue weighted by atomic mass is 10.0. The smallest absolute Gasteiger partial charge is 0.261 e. The van der Waals surface area contributed by atoms with Crippen molar-refractivity contribution in [1.82, 2.24) is 10.2 Å². The normalized spacial score (nSPS) is 11.5. The van der Waals surface area contributed by atoms with Gasteiger partial charge in [-0.15, -0.1) is 0 Å². The van der Waals surface area contributed by atoms with Gasteiger partial charge in [0.05, 0.1) is 0 Å². The average molecular weight is 516 g/mol. The van der Waals surface area contributed by atoms with Gasteiger partial charge < -0.3 is 15.0 Å². The van der Waals surface area contributed by atoms with Crippen molar-refractivity contribution in [3.8, 4) is 5.75 Å². The van der Waals surface area contributed by atoms with E-state index in [-0.39, 0.29) is 25.0 Å². The first kappa shape index (κ1) is 23.8. The fourth-order valence-electron chi connectivity index (χ4n) is 3.31. The maximum Gasteiger partial charge on any atom is 0.261 e. The maximum absolute atomic E-state index is 13.3. The molecule has 0 aliphatic heterocycles. The van der Waals surface area contributed by atoms with E-state index in [2.05, 4.69) is 21.2 Å². The molecule has 3 rings (SSSR count). The third-order valence-corrected chi connectivity index (χ3v) is 5.68.